The summed E-state index contributed by atoms with van der Waals surface area (Å²) in [4.78, 5) is 25.7. The zero-order valence-corrected chi connectivity index (χ0v) is 12.1. The van der Waals surface area contributed by atoms with Gasteiger partial charge < -0.3 is 15.3 Å². The molecule has 3 aliphatic rings. The first-order valence-corrected chi connectivity index (χ1v) is 7.88. The van der Waals surface area contributed by atoms with E-state index in [1.54, 1.807) is 4.90 Å². The summed E-state index contributed by atoms with van der Waals surface area (Å²) in [6.07, 6.45) is 6.67. The highest BCUT2D eigenvalue weighted by Gasteiger charge is 2.49. The number of nitrogens with zero attached hydrogens (tertiary/aromatic N) is 1. The lowest BCUT2D eigenvalue weighted by Gasteiger charge is -2.35. The zero-order chi connectivity index (χ0) is 14.3. The maximum Gasteiger partial charge on any atom is 0.329 e. The molecule has 20 heavy (non-hydrogen) atoms. The molecule has 3 rings (SSSR count). The highest BCUT2D eigenvalue weighted by Crippen LogP contribution is 2.44. The van der Waals surface area contributed by atoms with E-state index in [4.69, 9.17) is 0 Å². The van der Waals surface area contributed by atoms with Gasteiger partial charge in [-0.05, 0) is 50.4 Å². The number of carbonyl (C=O) groups is 2. The van der Waals surface area contributed by atoms with Crippen molar-refractivity contribution in [1.29, 1.82) is 0 Å². The third-order valence-electron chi connectivity index (χ3n) is 5.76. The summed E-state index contributed by atoms with van der Waals surface area (Å²) in [5.74, 6) is 0.535. The molecule has 3 fully saturated rings. The molecule has 0 aromatic carbocycles. The number of carboxylic acid groups (broad SMARTS) is 1. The molecule has 1 heterocycles. The highest BCUT2D eigenvalue weighted by molar-refractivity contribution is 5.87. The molecule has 4 atom stereocenters. The Morgan fingerprint density at radius 1 is 1.35 bits per heavy atom. The first-order valence-electron chi connectivity index (χ1n) is 7.88. The minimum absolute atomic E-state index is 0.163. The number of amides is 2. The van der Waals surface area contributed by atoms with Crippen LogP contribution in [0.15, 0.2) is 0 Å². The van der Waals surface area contributed by atoms with Gasteiger partial charge >= 0.3 is 12.0 Å². The van der Waals surface area contributed by atoms with E-state index in [9.17, 15) is 14.7 Å². The number of nitrogens with one attached hydrogen (secondary N) is 1. The van der Waals surface area contributed by atoms with Crippen molar-refractivity contribution >= 4 is 12.0 Å². The molecule has 2 N–H and O–H groups in total. The van der Waals surface area contributed by atoms with Crippen molar-refractivity contribution in [3.05, 3.63) is 0 Å². The van der Waals surface area contributed by atoms with Crippen molar-refractivity contribution in [2.24, 2.45) is 11.8 Å². The molecule has 1 saturated heterocycles. The SMILES string of the molecule is CCC1(C(=O)O)CCCN1C(=O)NC1CC2CCC1C2. The summed E-state index contributed by atoms with van der Waals surface area (Å²) in [5, 5.41) is 12.6. The lowest BCUT2D eigenvalue weighted by molar-refractivity contribution is -0.148. The molecule has 0 radical (unpaired) electrons. The van der Waals surface area contributed by atoms with Crippen molar-refractivity contribution < 1.29 is 14.7 Å². The minimum atomic E-state index is -0.984. The van der Waals surface area contributed by atoms with Crippen molar-refractivity contribution in [3.8, 4) is 0 Å². The van der Waals surface area contributed by atoms with Gasteiger partial charge in [-0.3, -0.25) is 0 Å². The van der Waals surface area contributed by atoms with E-state index < -0.39 is 11.5 Å². The predicted molar refractivity (Wildman–Crippen MR) is 74.4 cm³/mol. The Bertz CT molecular complexity index is 425. The Labute approximate surface area is 119 Å². The van der Waals surface area contributed by atoms with Crippen LogP contribution in [-0.2, 0) is 4.79 Å². The number of rotatable bonds is 3. The number of aliphatic carboxylic acids is 1. The van der Waals surface area contributed by atoms with Gasteiger partial charge in [0, 0.05) is 12.6 Å². The van der Waals surface area contributed by atoms with Crippen LogP contribution < -0.4 is 5.32 Å². The molecule has 2 aliphatic carbocycles. The first kappa shape index (κ1) is 13.7. The third-order valence-corrected chi connectivity index (χ3v) is 5.76. The van der Waals surface area contributed by atoms with Gasteiger partial charge in [0.2, 0.25) is 0 Å². The second-order valence-corrected chi connectivity index (χ2v) is 6.68. The van der Waals surface area contributed by atoms with E-state index >= 15 is 0 Å². The number of likely N-dealkylation sites (tertiary alicyclic amines) is 1. The van der Waals surface area contributed by atoms with Gasteiger partial charge in [-0.2, -0.15) is 0 Å². The predicted octanol–water partition coefficient (Wildman–Crippen LogP) is 2.21. The van der Waals surface area contributed by atoms with E-state index in [1.807, 2.05) is 6.92 Å². The summed E-state index contributed by atoms with van der Waals surface area (Å²) >= 11 is 0. The summed E-state index contributed by atoms with van der Waals surface area (Å²) in [5.41, 5.74) is -0.984. The van der Waals surface area contributed by atoms with E-state index in [2.05, 4.69) is 5.32 Å². The van der Waals surface area contributed by atoms with E-state index in [0.29, 0.717) is 25.3 Å². The average Bonchev–Trinajstić information content (AvgIpc) is 3.13. The maximum atomic E-state index is 12.5. The molecular formula is C15H24N2O3. The largest absolute Gasteiger partial charge is 0.479 e. The van der Waals surface area contributed by atoms with Gasteiger partial charge in [-0.15, -0.1) is 0 Å². The van der Waals surface area contributed by atoms with Gasteiger partial charge in [-0.25, -0.2) is 9.59 Å². The number of carbonyl (C=O) groups excluding carboxylic acids is 1. The van der Waals surface area contributed by atoms with E-state index in [0.717, 1.165) is 18.8 Å². The minimum Gasteiger partial charge on any atom is -0.479 e. The lowest BCUT2D eigenvalue weighted by atomic mass is 9.93. The van der Waals surface area contributed by atoms with Gasteiger partial charge in [0.25, 0.3) is 0 Å². The molecule has 0 aromatic heterocycles. The molecule has 5 heteroatoms. The molecule has 2 saturated carbocycles. The van der Waals surface area contributed by atoms with Crippen LogP contribution >= 0.6 is 0 Å². The smallest absolute Gasteiger partial charge is 0.329 e. The Hall–Kier alpha value is -1.26. The quantitative estimate of drug-likeness (QED) is 0.832. The van der Waals surface area contributed by atoms with Crippen LogP contribution in [0.2, 0.25) is 0 Å². The molecule has 1 aliphatic heterocycles. The molecule has 2 bridgehead atoms. The Balaban J connectivity index is 1.68. The van der Waals surface area contributed by atoms with Gasteiger partial charge in [0.15, 0.2) is 0 Å². The number of hydrogen-bond donors (Lipinski definition) is 2. The van der Waals surface area contributed by atoms with Crippen molar-refractivity contribution in [3.63, 3.8) is 0 Å². The Kier molecular flexibility index (Phi) is 3.38. The topological polar surface area (TPSA) is 69.6 Å². The van der Waals surface area contributed by atoms with Crippen molar-refractivity contribution in [1.82, 2.24) is 10.2 Å². The first-order chi connectivity index (χ1) is 9.56. The van der Waals surface area contributed by atoms with Crippen LogP contribution in [0.25, 0.3) is 0 Å². The molecule has 2 amide bonds. The third kappa shape index (κ3) is 1.98. The Morgan fingerprint density at radius 3 is 2.70 bits per heavy atom. The molecule has 5 nitrogen and oxygen atoms in total. The van der Waals surface area contributed by atoms with E-state index in [-0.39, 0.29) is 12.1 Å². The average molecular weight is 280 g/mol. The normalized spacial score (nSPS) is 39.2. The Morgan fingerprint density at radius 2 is 2.15 bits per heavy atom. The summed E-state index contributed by atoms with van der Waals surface area (Å²) in [6, 6.07) is 0.106. The summed E-state index contributed by atoms with van der Waals surface area (Å²) in [7, 11) is 0. The number of carboxylic acids is 1. The molecule has 4 unspecified atom stereocenters. The van der Waals surface area contributed by atoms with Crippen LogP contribution in [0.1, 0.15) is 51.9 Å². The fourth-order valence-corrected chi connectivity index (χ4v) is 4.57. The summed E-state index contributed by atoms with van der Waals surface area (Å²) < 4.78 is 0. The van der Waals surface area contributed by atoms with Crippen molar-refractivity contribution in [2.45, 2.75) is 63.5 Å². The maximum absolute atomic E-state index is 12.5. The zero-order valence-electron chi connectivity index (χ0n) is 12.1. The van der Waals surface area contributed by atoms with Crippen LogP contribution in [0.4, 0.5) is 4.79 Å². The second-order valence-electron chi connectivity index (χ2n) is 6.68. The monoisotopic (exact) mass is 280 g/mol. The fraction of sp³-hybridized carbons (Fsp3) is 0.867. The molecule has 112 valence electrons. The van der Waals surface area contributed by atoms with Crippen LogP contribution in [0.5, 0.6) is 0 Å². The molecule has 0 aromatic rings. The molecular weight excluding hydrogens is 256 g/mol. The summed E-state index contributed by atoms with van der Waals surface area (Å²) in [6.45, 7) is 2.42. The standard InChI is InChI=1S/C15H24N2O3/c1-2-15(13(18)19)6-3-7-17(15)14(20)16-12-9-10-4-5-11(12)8-10/h10-12H,2-9H2,1H3,(H,16,20)(H,18,19). The second kappa shape index (κ2) is 4.93. The van der Waals surface area contributed by atoms with Gasteiger partial charge in [0.05, 0.1) is 0 Å². The highest BCUT2D eigenvalue weighted by atomic mass is 16.4. The number of fused-ring (bicyclic) bond motifs is 2. The van der Waals surface area contributed by atoms with Crippen molar-refractivity contribution in [2.75, 3.05) is 6.54 Å². The van der Waals surface area contributed by atoms with Crippen LogP contribution in [-0.4, -0.2) is 40.1 Å². The van der Waals surface area contributed by atoms with Gasteiger partial charge in [-0.1, -0.05) is 13.3 Å². The number of hydrogen-bond acceptors (Lipinski definition) is 2. The van der Waals surface area contributed by atoms with E-state index in [1.165, 1.54) is 19.3 Å². The number of urea groups is 1. The molecule has 0 spiro atoms. The van der Waals surface area contributed by atoms with Crippen LogP contribution in [0, 0.1) is 11.8 Å². The lowest BCUT2D eigenvalue weighted by Crippen LogP contribution is -2.57. The van der Waals surface area contributed by atoms with Gasteiger partial charge in [0.1, 0.15) is 5.54 Å². The van der Waals surface area contributed by atoms with Crippen LogP contribution in [0.3, 0.4) is 0 Å². The fourth-order valence-electron chi connectivity index (χ4n) is 4.57.